The molecule has 1 heterocycles. The van der Waals surface area contributed by atoms with Crippen molar-refractivity contribution < 1.29 is 18.0 Å². The number of aromatic nitrogens is 1. The van der Waals surface area contributed by atoms with E-state index in [4.69, 9.17) is 5.73 Å². The first-order chi connectivity index (χ1) is 10.4. The number of amides is 1. The van der Waals surface area contributed by atoms with Crippen LogP contribution in [0.15, 0.2) is 29.6 Å². The highest BCUT2D eigenvalue weighted by atomic mass is 35.5. The van der Waals surface area contributed by atoms with Gasteiger partial charge in [-0.25, -0.2) is 4.98 Å². The monoisotopic (exact) mass is 365 g/mol. The largest absolute Gasteiger partial charge is 0.416 e. The molecule has 126 valence electrons. The first kappa shape index (κ1) is 19.4. The fourth-order valence-electron chi connectivity index (χ4n) is 1.78. The average molecular weight is 366 g/mol. The molecule has 0 fully saturated rings. The summed E-state index contributed by atoms with van der Waals surface area (Å²) in [5, 5.41) is 4.92. The summed E-state index contributed by atoms with van der Waals surface area (Å²) in [5.41, 5.74) is 5.29. The minimum Gasteiger partial charge on any atom is -0.347 e. The smallest absolute Gasteiger partial charge is 0.347 e. The van der Waals surface area contributed by atoms with Crippen LogP contribution in [0, 0.1) is 0 Å². The Bertz CT molecular complexity index is 661. The van der Waals surface area contributed by atoms with Crippen LogP contribution in [0.3, 0.4) is 0 Å². The lowest BCUT2D eigenvalue weighted by Gasteiger charge is -2.09. The standard InChI is InChI=1S/C14H14F3N3OS.ClH/c15-14(16,17)10-3-1-2-9(6-10)7-19-13(21)11-8-22-12(20-11)4-5-18;/h1-3,6,8H,4-5,7,18H2,(H,19,21);1H. The molecule has 0 saturated heterocycles. The van der Waals surface area contributed by atoms with Crippen molar-refractivity contribution in [2.75, 3.05) is 6.54 Å². The van der Waals surface area contributed by atoms with Crippen LogP contribution in [-0.2, 0) is 19.1 Å². The van der Waals surface area contributed by atoms with Crippen LogP contribution >= 0.6 is 23.7 Å². The Morgan fingerprint density at radius 3 is 2.74 bits per heavy atom. The van der Waals surface area contributed by atoms with Crippen molar-refractivity contribution in [2.24, 2.45) is 5.73 Å². The molecule has 0 bridgehead atoms. The number of carbonyl (C=O) groups excluding carboxylic acids is 1. The van der Waals surface area contributed by atoms with E-state index in [0.29, 0.717) is 18.5 Å². The zero-order valence-electron chi connectivity index (χ0n) is 11.9. The predicted octanol–water partition coefficient (Wildman–Crippen LogP) is 3.01. The van der Waals surface area contributed by atoms with Crippen LogP contribution in [-0.4, -0.2) is 17.4 Å². The van der Waals surface area contributed by atoms with Crippen molar-refractivity contribution >= 4 is 29.7 Å². The zero-order chi connectivity index (χ0) is 16.2. The molecule has 0 spiro atoms. The third kappa shape index (κ3) is 5.49. The molecule has 0 atom stereocenters. The molecular formula is C14H15ClF3N3OS. The maximum absolute atomic E-state index is 12.6. The van der Waals surface area contributed by atoms with Gasteiger partial charge in [-0.05, 0) is 24.2 Å². The lowest BCUT2D eigenvalue weighted by Crippen LogP contribution is -2.23. The number of halogens is 4. The summed E-state index contributed by atoms with van der Waals surface area (Å²) in [6.45, 7) is 0.450. The van der Waals surface area contributed by atoms with Crippen molar-refractivity contribution in [3.05, 3.63) is 51.5 Å². The van der Waals surface area contributed by atoms with Gasteiger partial charge in [0.1, 0.15) is 5.69 Å². The number of carbonyl (C=O) groups is 1. The summed E-state index contributed by atoms with van der Waals surface area (Å²) in [6, 6.07) is 4.84. The van der Waals surface area contributed by atoms with Gasteiger partial charge in [-0.3, -0.25) is 4.79 Å². The van der Waals surface area contributed by atoms with Gasteiger partial charge in [-0.15, -0.1) is 23.7 Å². The Kier molecular flexibility index (Phi) is 6.99. The molecule has 23 heavy (non-hydrogen) atoms. The van der Waals surface area contributed by atoms with Crippen LogP contribution in [0.1, 0.15) is 26.6 Å². The van der Waals surface area contributed by atoms with Crippen molar-refractivity contribution in [3.63, 3.8) is 0 Å². The van der Waals surface area contributed by atoms with Gasteiger partial charge in [0.05, 0.1) is 10.6 Å². The molecule has 1 aromatic heterocycles. The third-order valence-electron chi connectivity index (χ3n) is 2.85. The number of hydrogen-bond acceptors (Lipinski definition) is 4. The van der Waals surface area contributed by atoms with Crippen LogP contribution in [0.2, 0.25) is 0 Å². The van der Waals surface area contributed by atoms with E-state index in [0.717, 1.165) is 17.1 Å². The van der Waals surface area contributed by atoms with Crippen LogP contribution in [0.5, 0.6) is 0 Å². The summed E-state index contributed by atoms with van der Waals surface area (Å²) in [7, 11) is 0. The second kappa shape index (κ2) is 8.28. The molecule has 0 unspecified atom stereocenters. The summed E-state index contributed by atoms with van der Waals surface area (Å²) < 4.78 is 37.8. The van der Waals surface area contributed by atoms with Gasteiger partial charge in [-0.1, -0.05) is 12.1 Å². The van der Waals surface area contributed by atoms with Gasteiger partial charge in [0.25, 0.3) is 5.91 Å². The number of nitrogens with zero attached hydrogens (tertiary/aromatic N) is 1. The number of thiazole rings is 1. The number of rotatable bonds is 5. The van der Waals surface area contributed by atoms with E-state index in [-0.39, 0.29) is 24.6 Å². The minimum absolute atomic E-state index is 0. The van der Waals surface area contributed by atoms with Gasteiger partial charge >= 0.3 is 6.18 Å². The average Bonchev–Trinajstić information content (AvgIpc) is 2.93. The van der Waals surface area contributed by atoms with Crippen LogP contribution in [0.25, 0.3) is 0 Å². The van der Waals surface area contributed by atoms with Gasteiger partial charge in [0.15, 0.2) is 0 Å². The van der Waals surface area contributed by atoms with Gasteiger partial charge in [0, 0.05) is 18.3 Å². The lowest BCUT2D eigenvalue weighted by atomic mass is 10.1. The van der Waals surface area contributed by atoms with E-state index >= 15 is 0 Å². The highest BCUT2D eigenvalue weighted by Crippen LogP contribution is 2.29. The fraction of sp³-hybridized carbons (Fsp3) is 0.286. The summed E-state index contributed by atoms with van der Waals surface area (Å²) in [5.74, 6) is -0.420. The molecular weight excluding hydrogens is 351 g/mol. The fourth-order valence-corrected chi connectivity index (χ4v) is 2.58. The van der Waals surface area contributed by atoms with Gasteiger partial charge in [0.2, 0.25) is 0 Å². The first-order valence-electron chi connectivity index (χ1n) is 6.49. The van der Waals surface area contributed by atoms with Crippen molar-refractivity contribution in [3.8, 4) is 0 Å². The zero-order valence-corrected chi connectivity index (χ0v) is 13.5. The minimum atomic E-state index is -4.40. The van der Waals surface area contributed by atoms with E-state index in [1.807, 2.05) is 0 Å². The van der Waals surface area contributed by atoms with E-state index in [9.17, 15) is 18.0 Å². The number of alkyl halides is 3. The van der Waals surface area contributed by atoms with E-state index < -0.39 is 17.6 Å². The number of nitrogens with one attached hydrogen (secondary N) is 1. The maximum atomic E-state index is 12.6. The second-order valence-corrected chi connectivity index (χ2v) is 5.49. The first-order valence-corrected chi connectivity index (χ1v) is 7.37. The van der Waals surface area contributed by atoms with Gasteiger partial charge in [-0.2, -0.15) is 13.2 Å². The molecule has 2 aromatic rings. The molecule has 0 aliphatic rings. The Labute approximate surface area is 141 Å². The quantitative estimate of drug-likeness (QED) is 0.855. The third-order valence-corrected chi connectivity index (χ3v) is 3.76. The second-order valence-electron chi connectivity index (χ2n) is 4.55. The Hall–Kier alpha value is -1.64. The van der Waals surface area contributed by atoms with E-state index in [1.54, 1.807) is 5.38 Å². The number of hydrogen-bond donors (Lipinski definition) is 2. The normalized spacial score (nSPS) is 11.0. The topological polar surface area (TPSA) is 68.0 Å². The Balaban J connectivity index is 0.00000264. The molecule has 0 aliphatic carbocycles. The molecule has 3 N–H and O–H groups in total. The van der Waals surface area contributed by atoms with Crippen LogP contribution < -0.4 is 11.1 Å². The van der Waals surface area contributed by atoms with E-state index in [2.05, 4.69) is 10.3 Å². The van der Waals surface area contributed by atoms with Crippen molar-refractivity contribution in [1.29, 1.82) is 0 Å². The highest BCUT2D eigenvalue weighted by molar-refractivity contribution is 7.09. The molecule has 0 saturated carbocycles. The predicted molar refractivity (Wildman–Crippen MR) is 84.7 cm³/mol. The number of benzene rings is 1. The van der Waals surface area contributed by atoms with Crippen molar-refractivity contribution in [1.82, 2.24) is 10.3 Å². The van der Waals surface area contributed by atoms with Crippen LogP contribution in [0.4, 0.5) is 13.2 Å². The van der Waals surface area contributed by atoms with Gasteiger partial charge < -0.3 is 11.1 Å². The number of nitrogens with two attached hydrogens (primary N) is 1. The molecule has 9 heteroatoms. The highest BCUT2D eigenvalue weighted by Gasteiger charge is 2.30. The summed E-state index contributed by atoms with van der Waals surface area (Å²) >= 11 is 1.33. The molecule has 0 aliphatic heterocycles. The lowest BCUT2D eigenvalue weighted by molar-refractivity contribution is -0.137. The Morgan fingerprint density at radius 1 is 1.35 bits per heavy atom. The van der Waals surface area contributed by atoms with E-state index in [1.165, 1.54) is 23.5 Å². The summed E-state index contributed by atoms with van der Waals surface area (Å²) in [4.78, 5) is 16.0. The molecule has 2 rings (SSSR count). The van der Waals surface area contributed by atoms with Crippen molar-refractivity contribution in [2.45, 2.75) is 19.1 Å². The summed E-state index contributed by atoms with van der Waals surface area (Å²) in [6.07, 6.45) is -3.81. The Morgan fingerprint density at radius 2 is 2.09 bits per heavy atom. The molecule has 1 amide bonds. The maximum Gasteiger partial charge on any atom is 0.416 e. The SMILES string of the molecule is Cl.NCCc1nc(C(=O)NCc2cccc(C(F)(F)F)c2)cs1. The molecule has 4 nitrogen and oxygen atoms in total. The molecule has 0 radical (unpaired) electrons. The molecule has 1 aromatic carbocycles.